The number of carbonyl (C=O) groups excluding carboxylic acids is 3. The molecule has 3 unspecified atom stereocenters. The van der Waals surface area contributed by atoms with E-state index in [0.29, 0.717) is 19.3 Å². The molecule has 0 aromatic heterocycles. The third-order valence-electron chi connectivity index (χ3n) is 11.2. The maximum Gasteiger partial charge on any atom is 0.472 e. The van der Waals surface area contributed by atoms with E-state index in [9.17, 15) is 28.9 Å². The zero-order valence-electron chi connectivity index (χ0n) is 40.1. The van der Waals surface area contributed by atoms with Gasteiger partial charge in [-0.1, -0.05) is 206 Å². The number of rotatable bonds is 48. The monoisotopic (exact) mass is 903 g/mol. The van der Waals surface area contributed by atoms with Crippen LogP contribution in [0, 0.1) is 0 Å². The molecule has 366 valence electrons. The Morgan fingerprint density at radius 1 is 0.435 bits per heavy atom. The Bertz CT molecular complexity index is 1100. The van der Waals surface area contributed by atoms with Gasteiger partial charge in [0.1, 0.15) is 12.7 Å². The normalized spacial score (nSPS) is 13.6. The van der Waals surface area contributed by atoms with Gasteiger partial charge in [0.2, 0.25) is 0 Å². The van der Waals surface area contributed by atoms with Crippen LogP contribution in [0.4, 0.5) is 0 Å². The fraction of sp³-hybridized carbons (Fsp3) is 0.900. The third-order valence-corrected chi connectivity index (χ3v) is 12.1. The highest BCUT2D eigenvalue weighted by atomic mass is 31.2. The van der Waals surface area contributed by atoms with Crippen molar-refractivity contribution in [1.82, 2.24) is 0 Å². The molecule has 0 bridgehead atoms. The van der Waals surface area contributed by atoms with E-state index in [1.165, 1.54) is 116 Å². The van der Waals surface area contributed by atoms with Crippen molar-refractivity contribution in [2.24, 2.45) is 0 Å². The van der Waals surface area contributed by atoms with Crippen molar-refractivity contribution in [1.29, 1.82) is 0 Å². The average Bonchev–Trinajstić information content (AvgIpc) is 3.25. The zero-order valence-corrected chi connectivity index (χ0v) is 41.0. The first-order chi connectivity index (χ1) is 30.2. The molecule has 0 saturated carbocycles. The number of unbranched alkanes of at least 4 members (excludes halogenated alkanes) is 29. The van der Waals surface area contributed by atoms with E-state index in [1.807, 2.05) is 0 Å². The van der Waals surface area contributed by atoms with Crippen LogP contribution in [-0.2, 0) is 42.2 Å². The standard InChI is InChI=1S/C50H95O11P/c1-4-7-10-13-16-19-21-22-23-24-26-29-32-35-38-41-50(54)61-47(43-57-48(52)39-36-33-30-27-18-15-12-9-6-3)45-59-62(55,56)58-44-46(42-51)60-49(53)40-37-34-31-28-25-20-17-14-11-8-5-2/h14,17,46-47,51H,4-13,15-16,18-45H2,1-3H3,(H,55,56)/b17-14-. The molecule has 11 nitrogen and oxygen atoms in total. The van der Waals surface area contributed by atoms with Gasteiger partial charge in [0.05, 0.1) is 19.8 Å². The highest BCUT2D eigenvalue weighted by Gasteiger charge is 2.28. The molecule has 0 aliphatic heterocycles. The van der Waals surface area contributed by atoms with Gasteiger partial charge in [0, 0.05) is 19.3 Å². The summed E-state index contributed by atoms with van der Waals surface area (Å²) in [5.41, 5.74) is 0. The van der Waals surface area contributed by atoms with Crippen molar-refractivity contribution >= 4 is 25.7 Å². The van der Waals surface area contributed by atoms with Gasteiger partial charge < -0.3 is 24.2 Å². The molecule has 0 heterocycles. The van der Waals surface area contributed by atoms with Crippen LogP contribution in [-0.4, -0.2) is 66.5 Å². The van der Waals surface area contributed by atoms with E-state index in [1.54, 1.807) is 0 Å². The Labute approximate surface area is 379 Å². The number of phosphoric ester groups is 1. The summed E-state index contributed by atoms with van der Waals surface area (Å²) in [4.78, 5) is 48.1. The fourth-order valence-corrected chi connectivity index (χ4v) is 8.00. The predicted octanol–water partition coefficient (Wildman–Crippen LogP) is 14.1. The summed E-state index contributed by atoms with van der Waals surface area (Å²) in [6, 6.07) is 0. The lowest BCUT2D eigenvalue weighted by Crippen LogP contribution is -2.30. The maximum absolute atomic E-state index is 12.8. The lowest BCUT2D eigenvalue weighted by molar-refractivity contribution is -0.161. The molecule has 12 heteroatoms. The van der Waals surface area contributed by atoms with Crippen LogP contribution in [0.2, 0.25) is 0 Å². The van der Waals surface area contributed by atoms with Crippen LogP contribution in [0.1, 0.15) is 252 Å². The van der Waals surface area contributed by atoms with Gasteiger partial charge in [0.25, 0.3) is 0 Å². The first kappa shape index (κ1) is 60.2. The molecule has 0 amide bonds. The second kappa shape index (κ2) is 45.8. The number of phosphoric acid groups is 1. The molecule has 2 N–H and O–H groups in total. The molecular formula is C50H95O11P. The number of aliphatic hydroxyl groups is 1. The lowest BCUT2D eigenvalue weighted by Gasteiger charge is -2.21. The van der Waals surface area contributed by atoms with Gasteiger partial charge in [-0.25, -0.2) is 4.57 Å². The molecule has 0 fully saturated rings. The first-order valence-corrected chi connectivity index (χ1v) is 27.1. The SMILES string of the molecule is CCCC/C=C\CCCCCCCC(=O)OC(CO)COP(=O)(O)OCC(COC(=O)CCCCCCCCCCC)OC(=O)CCCCCCCCCCCCCCCCC. The van der Waals surface area contributed by atoms with E-state index >= 15 is 0 Å². The summed E-state index contributed by atoms with van der Waals surface area (Å²) in [5, 5.41) is 9.74. The minimum absolute atomic E-state index is 0.172. The average molecular weight is 903 g/mol. The van der Waals surface area contributed by atoms with Gasteiger partial charge >= 0.3 is 25.7 Å². The molecule has 0 saturated heterocycles. The summed E-state index contributed by atoms with van der Waals surface area (Å²) in [6.45, 7) is 4.59. The van der Waals surface area contributed by atoms with E-state index in [2.05, 4.69) is 32.9 Å². The van der Waals surface area contributed by atoms with Crippen molar-refractivity contribution in [2.75, 3.05) is 26.4 Å². The second-order valence-corrected chi connectivity index (χ2v) is 18.8. The Morgan fingerprint density at radius 3 is 1.16 bits per heavy atom. The summed E-state index contributed by atoms with van der Waals surface area (Å²) in [5.74, 6) is -1.46. The minimum atomic E-state index is -4.73. The minimum Gasteiger partial charge on any atom is -0.462 e. The van der Waals surface area contributed by atoms with Crippen molar-refractivity contribution in [3.63, 3.8) is 0 Å². The van der Waals surface area contributed by atoms with Gasteiger partial charge in [-0.2, -0.15) is 0 Å². The highest BCUT2D eigenvalue weighted by molar-refractivity contribution is 7.47. The van der Waals surface area contributed by atoms with Gasteiger partial charge in [-0.05, 0) is 38.5 Å². The predicted molar refractivity (Wildman–Crippen MR) is 252 cm³/mol. The second-order valence-electron chi connectivity index (χ2n) is 17.3. The Balaban J connectivity index is 4.68. The lowest BCUT2D eigenvalue weighted by atomic mass is 10.0. The molecule has 3 atom stereocenters. The third kappa shape index (κ3) is 43.5. The highest BCUT2D eigenvalue weighted by Crippen LogP contribution is 2.43. The van der Waals surface area contributed by atoms with Crippen LogP contribution < -0.4 is 0 Å². The smallest absolute Gasteiger partial charge is 0.462 e. The van der Waals surface area contributed by atoms with Crippen molar-refractivity contribution in [2.45, 2.75) is 264 Å². The summed E-state index contributed by atoms with van der Waals surface area (Å²) in [7, 11) is -4.73. The molecule has 0 aromatic rings. The summed E-state index contributed by atoms with van der Waals surface area (Å²) in [6.07, 6.45) is 40.5. The van der Waals surface area contributed by atoms with E-state index in [-0.39, 0.29) is 25.9 Å². The molecule has 0 radical (unpaired) electrons. The van der Waals surface area contributed by atoms with Crippen LogP contribution in [0.15, 0.2) is 12.2 Å². The number of carbonyl (C=O) groups is 3. The molecule has 0 aliphatic carbocycles. The van der Waals surface area contributed by atoms with Crippen molar-refractivity contribution in [3.05, 3.63) is 12.2 Å². The molecular weight excluding hydrogens is 808 g/mol. The van der Waals surface area contributed by atoms with Crippen LogP contribution in [0.25, 0.3) is 0 Å². The Kier molecular flexibility index (Phi) is 44.5. The first-order valence-electron chi connectivity index (χ1n) is 25.6. The number of esters is 3. The van der Waals surface area contributed by atoms with Crippen molar-refractivity contribution < 1.29 is 52.2 Å². The Hall–Kier alpha value is -1.78. The fourth-order valence-electron chi connectivity index (χ4n) is 7.22. The Morgan fingerprint density at radius 2 is 0.758 bits per heavy atom. The van der Waals surface area contributed by atoms with Crippen LogP contribution in [0.3, 0.4) is 0 Å². The zero-order chi connectivity index (χ0) is 45.6. The maximum atomic E-state index is 12.8. The topological polar surface area (TPSA) is 155 Å². The van der Waals surface area contributed by atoms with E-state index < -0.39 is 57.8 Å². The van der Waals surface area contributed by atoms with Crippen LogP contribution in [0.5, 0.6) is 0 Å². The largest absolute Gasteiger partial charge is 0.472 e. The number of ether oxygens (including phenoxy) is 3. The molecule has 62 heavy (non-hydrogen) atoms. The van der Waals surface area contributed by atoms with Gasteiger partial charge in [0.15, 0.2) is 6.10 Å². The molecule has 0 aliphatic rings. The number of hydrogen-bond donors (Lipinski definition) is 2. The molecule has 0 rings (SSSR count). The van der Waals surface area contributed by atoms with Crippen molar-refractivity contribution in [3.8, 4) is 0 Å². The number of allylic oxidation sites excluding steroid dienone is 2. The summed E-state index contributed by atoms with van der Waals surface area (Å²) < 4.78 is 39.2. The van der Waals surface area contributed by atoms with Crippen LogP contribution >= 0.6 is 7.82 Å². The molecule has 0 spiro atoms. The van der Waals surface area contributed by atoms with E-state index in [4.69, 9.17) is 23.3 Å². The molecule has 0 aromatic carbocycles. The number of hydrogen-bond acceptors (Lipinski definition) is 10. The van der Waals surface area contributed by atoms with Gasteiger partial charge in [-0.15, -0.1) is 0 Å². The van der Waals surface area contributed by atoms with E-state index in [0.717, 1.165) is 77.0 Å². The summed E-state index contributed by atoms with van der Waals surface area (Å²) >= 11 is 0. The number of aliphatic hydroxyl groups excluding tert-OH is 1. The van der Waals surface area contributed by atoms with Gasteiger partial charge in [-0.3, -0.25) is 23.4 Å². The quantitative estimate of drug-likeness (QED) is 0.0197.